The third-order valence-corrected chi connectivity index (χ3v) is 11.3. The van der Waals surface area contributed by atoms with E-state index < -0.39 is 0 Å². The molecule has 3 aromatic heterocycles. The predicted octanol–water partition coefficient (Wildman–Crippen LogP) is 12.5. The number of benzene rings is 7. The van der Waals surface area contributed by atoms with Gasteiger partial charge in [0.1, 0.15) is 23.0 Å². The van der Waals surface area contributed by atoms with Crippen LogP contribution in [-0.2, 0) is 0 Å². The molecular formula is C48H30N2O2. The van der Waals surface area contributed by atoms with E-state index in [-0.39, 0.29) is 12.0 Å². The summed E-state index contributed by atoms with van der Waals surface area (Å²) in [6, 6.07) is 56.4. The largest absolute Gasteiger partial charge is 0.484 e. The molecule has 10 aromatic rings. The second kappa shape index (κ2) is 10.4. The Bertz CT molecular complexity index is 3110. The standard InChI is InChI=1S/C48H30N2O2/c1-3-11-31(12-4-1)49-39-23-19-29(27-37(39)45-41(49)25-21-35-33-15-7-9-17-43(33)51-47(35)45)30-20-24-40-38(28-30)46-42(50(40)32-13-5-2-6-14-32)26-22-36-34-16-8-10-18-44(34)52-48(36)46/h1-28,35,47H. The van der Waals surface area contributed by atoms with E-state index in [0.717, 1.165) is 61.0 Å². The highest BCUT2D eigenvalue weighted by molar-refractivity contribution is 6.24. The molecule has 0 saturated carbocycles. The summed E-state index contributed by atoms with van der Waals surface area (Å²) in [7, 11) is 0. The van der Waals surface area contributed by atoms with Crippen molar-refractivity contribution in [2.75, 3.05) is 0 Å². The lowest BCUT2D eigenvalue weighted by Gasteiger charge is -2.22. The smallest absolute Gasteiger partial charge is 0.145 e. The summed E-state index contributed by atoms with van der Waals surface area (Å²) in [6.07, 6.45) is 4.54. The van der Waals surface area contributed by atoms with Crippen LogP contribution in [0.2, 0.25) is 0 Å². The van der Waals surface area contributed by atoms with E-state index in [9.17, 15) is 0 Å². The highest BCUT2D eigenvalue weighted by atomic mass is 16.5. The van der Waals surface area contributed by atoms with Gasteiger partial charge in [0.2, 0.25) is 0 Å². The Hall–Kier alpha value is -6.78. The molecule has 0 fully saturated rings. The summed E-state index contributed by atoms with van der Waals surface area (Å²) in [5.41, 5.74) is 13.6. The van der Waals surface area contributed by atoms with Crippen molar-refractivity contribution in [2.45, 2.75) is 12.0 Å². The maximum absolute atomic E-state index is 6.78. The van der Waals surface area contributed by atoms with Gasteiger partial charge >= 0.3 is 0 Å². The molecule has 244 valence electrons. The quantitative estimate of drug-likeness (QED) is 0.188. The van der Waals surface area contributed by atoms with Gasteiger partial charge in [0.25, 0.3) is 0 Å². The molecule has 2 aliphatic rings. The SMILES string of the molecule is C1=CC2c3ccccc3OC2c2c1n(-c1ccccc1)c1ccc(-c3ccc4c(c3)c3c5oc6ccccc6c5ccc3n4-c3ccccc3)cc21. The molecule has 0 spiro atoms. The van der Waals surface area contributed by atoms with E-state index >= 15 is 0 Å². The van der Waals surface area contributed by atoms with Crippen molar-refractivity contribution >= 4 is 60.7 Å². The second-order valence-electron chi connectivity index (χ2n) is 14.0. The van der Waals surface area contributed by atoms with Crippen LogP contribution in [0.3, 0.4) is 0 Å². The molecule has 12 rings (SSSR count). The van der Waals surface area contributed by atoms with Gasteiger partial charge in [-0.05, 0) is 90.0 Å². The zero-order valence-corrected chi connectivity index (χ0v) is 28.0. The molecule has 2 unspecified atom stereocenters. The lowest BCUT2D eigenvalue weighted by molar-refractivity contribution is 0.224. The van der Waals surface area contributed by atoms with Crippen molar-refractivity contribution < 1.29 is 9.15 Å². The number of fused-ring (bicyclic) bond motifs is 14. The highest BCUT2D eigenvalue weighted by Gasteiger charge is 2.40. The zero-order valence-electron chi connectivity index (χ0n) is 28.0. The van der Waals surface area contributed by atoms with Gasteiger partial charge in [-0.2, -0.15) is 0 Å². The van der Waals surface area contributed by atoms with Crippen LogP contribution in [0.1, 0.15) is 28.8 Å². The Kier molecular flexibility index (Phi) is 5.58. The minimum Gasteiger partial charge on any atom is -0.484 e. The van der Waals surface area contributed by atoms with Crippen LogP contribution >= 0.6 is 0 Å². The summed E-state index contributed by atoms with van der Waals surface area (Å²) in [5, 5.41) is 5.79. The van der Waals surface area contributed by atoms with Gasteiger partial charge in [-0.1, -0.05) is 91.0 Å². The number of para-hydroxylation sites is 4. The molecular weight excluding hydrogens is 637 g/mol. The van der Waals surface area contributed by atoms with Crippen LogP contribution in [-0.4, -0.2) is 9.13 Å². The van der Waals surface area contributed by atoms with Gasteiger partial charge in [0.15, 0.2) is 0 Å². The zero-order chi connectivity index (χ0) is 33.9. The van der Waals surface area contributed by atoms with Crippen LogP contribution < -0.4 is 4.74 Å². The number of furan rings is 1. The fraction of sp³-hybridized carbons (Fsp3) is 0.0417. The minimum absolute atomic E-state index is 0.0900. The molecule has 4 heteroatoms. The molecule has 1 aliphatic heterocycles. The maximum atomic E-state index is 6.78. The first-order valence-electron chi connectivity index (χ1n) is 17.9. The van der Waals surface area contributed by atoms with E-state index in [1.54, 1.807) is 0 Å². The van der Waals surface area contributed by atoms with Gasteiger partial charge in [-0.25, -0.2) is 0 Å². The van der Waals surface area contributed by atoms with E-state index in [0.29, 0.717) is 0 Å². The first-order valence-corrected chi connectivity index (χ1v) is 17.9. The third kappa shape index (κ3) is 3.76. The fourth-order valence-corrected chi connectivity index (χ4v) is 9.03. The van der Waals surface area contributed by atoms with E-state index in [2.05, 4.69) is 173 Å². The van der Waals surface area contributed by atoms with Crippen molar-refractivity contribution in [3.63, 3.8) is 0 Å². The highest BCUT2D eigenvalue weighted by Crippen LogP contribution is 2.53. The lowest BCUT2D eigenvalue weighted by atomic mass is 9.85. The van der Waals surface area contributed by atoms with Crippen molar-refractivity contribution in [3.8, 4) is 28.3 Å². The topological polar surface area (TPSA) is 32.2 Å². The fourth-order valence-electron chi connectivity index (χ4n) is 9.03. The third-order valence-electron chi connectivity index (χ3n) is 11.3. The van der Waals surface area contributed by atoms with Crippen LogP contribution in [0.4, 0.5) is 0 Å². The van der Waals surface area contributed by atoms with E-state index in [1.807, 2.05) is 6.07 Å². The Morgan fingerprint density at radius 3 is 1.96 bits per heavy atom. The monoisotopic (exact) mass is 666 g/mol. The van der Waals surface area contributed by atoms with Gasteiger partial charge in [0.05, 0.1) is 27.6 Å². The van der Waals surface area contributed by atoms with Gasteiger partial charge in [-0.15, -0.1) is 0 Å². The van der Waals surface area contributed by atoms with Gasteiger partial charge < -0.3 is 18.3 Å². The number of hydrogen-bond acceptors (Lipinski definition) is 2. The first kappa shape index (κ1) is 28.0. The number of rotatable bonds is 3. The molecule has 52 heavy (non-hydrogen) atoms. The Balaban J connectivity index is 1.12. The maximum Gasteiger partial charge on any atom is 0.145 e. The lowest BCUT2D eigenvalue weighted by Crippen LogP contribution is -2.13. The van der Waals surface area contributed by atoms with Crippen LogP contribution in [0.25, 0.3) is 83.2 Å². The molecule has 2 atom stereocenters. The summed E-state index contributed by atoms with van der Waals surface area (Å²) >= 11 is 0. The van der Waals surface area contributed by atoms with Crippen molar-refractivity contribution in [2.24, 2.45) is 0 Å². The van der Waals surface area contributed by atoms with Crippen molar-refractivity contribution in [1.29, 1.82) is 0 Å². The summed E-state index contributed by atoms with van der Waals surface area (Å²) in [6.45, 7) is 0. The number of hydrogen-bond donors (Lipinski definition) is 0. The summed E-state index contributed by atoms with van der Waals surface area (Å²) in [5.74, 6) is 1.15. The Labute approximate surface area is 299 Å². The van der Waals surface area contributed by atoms with Crippen LogP contribution in [0.15, 0.2) is 168 Å². The molecule has 0 amide bonds. The van der Waals surface area contributed by atoms with Gasteiger partial charge in [0, 0.05) is 50.0 Å². The number of nitrogens with zero attached hydrogens (tertiary/aromatic N) is 2. The predicted molar refractivity (Wildman–Crippen MR) is 212 cm³/mol. The molecule has 0 saturated heterocycles. The molecule has 7 aromatic carbocycles. The van der Waals surface area contributed by atoms with Crippen molar-refractivity contribution in [3.05, 3.63) is 181 Å². The molecule has 4 heterocycles. The Morgan fingerprint density at radius 2 is 1.15 bits per heavy atom. The van der Waals surface area contributed by atoms with Crippen molar-refractivity contribution in [1.82, 2.24) is 9.13 Å². The molecule has 0 radical (unpaired) electrons. The Morgan fingerprint density at radius 1 is 0.500 bits per heavy atom. The molecule has 0 bridgehead atoms. The van der Waals surface area contributed by atoms with Crippen LogP contribution in [0.5, 0.6) is 5.75 Å². The average molecular weight is 667 g/mol. The summed E-state index contributed by atoms with van der Waals surface area (Å²) in [4.78, 5) is 0. The van der Waals surface area contributed by atoms with E-state index in [4.69, 9.17) is 9.15 Å². The first-order chi connectivity index (χ1) is 25.8. The summed E-state index contributed by atoms with van der Waals surface area (Å²) < 4.78 is 18.2. The molecule has 0 N–H and O–H groups in total. The molecule has 4 nitrogen and oxygen atoms in total. The normalized spacial score (nSPS) is 16.2. The second-order valence-corrected chi connectivity index (χ2v) is 14.0. The number of aromatic nitrogens is 2. The van der Waals surface area contributed by atoms with E-state index in [1.165, 1.54) is 38.7 Å². The average Bonchev–Trinajstić information content (AvgIpc) is 3.95. The molecule has 1 aliphatic carbocycles. The minimum atomic E-state index is -0.0900. The van der Waals surface area contributed by atoms with Crippen LogP contribution in [0, 0.1) is 0 Å². The van der Waals surface area contributed by atoms with Gasteiger partial charge in [-0.3, -0.25) is 0 Å². The number of ether oxygens (including phenoxy) is 1.